The predicted octanol–water partition coefficient (Wildman–Crippen LogP) is 5.46. The van der Waals surface area contributed by atoms with Crippen molar-refractivity contribution in [3.63, 3.8) is 0 Å². The van der Waals surface area contributed by atoms with Crippen molar-refractivity contribution in [3.8, 4) is 11.5 Å². The van der Waals surface area contributed by atoms with Crippen LogP contribution in [0.3, 0.4) is 0 Å². The number of hydrogen-bond donors (Lipinski definition) is 1. The molecular weight excluding hydrogens is 526 g/mol. The molecule has 12 heteroatoms. The number of hydrogen-bond acceptors (Lipinski definition) is 12. The minimum absolute atomic E-state index is 0.0967. The molecule has 0 radical (unpaired) electrons. The number of carbonyl (C=O) groups excluding carboxylic acids is 4. The van der Waals surface area contributed by atoms with E-state index in [0.29, 0.717) is 24.8 Å². The highest BCUT2D eigenvalue weighted by Crippen LogP contribution is 2.32. The maximum Gasteiger partial charge on any atom is 0.514 e. The second-order valence-electron chi connectivity index (χ2n) is 10.4. The van der Waals surface area contributed by atoms with Crippen LogP contribution in [0.15, 0.2) is 18.2 Å². The smallest absolute Gasteiger partial charge is 0.468 e. The van der Waals surface area contributed by atoms with Crippen LogP contribution in [0.4, 0.5) is 14.4 Å². The fraction of sp³-hybridized carbons (Fsp3) is 0.643. The number of benzene rings is 1. The van der Waals surface area contributed by atoms with Crippen molar-refractivity contribution in [2.45, 2.75) is 97.3 Å². The fourth-order valence-electron chi connectivity index (χ4n) is 3.02. The van der Waals surface area contributed by atoms with E-state index in [1.165, 1.54) is 25.3 Å². The molecule has 0 saturated heterocycles. The van der Waals surface area contributed by atoms with Crippen molar-refractivity contribution in [1.82, 2.24) is 0 Å². The summed E-state index contributed by atoms with van der Waals surface area (Å²) >= 11 is 0. The third-order valence-corrected chi connectivity index (χ3v) is 6.12. The van der Waals surface area contributed by atoms with E-state index in [0.717, 1.165) is 0 Å². The quantitative estimate of drug-likeness (QED) is 0.171. The topological polar surface area (TPSA) is 159 Å². The molecule has 0 fully saturated rings. The number of nitrogens with two attached hydrogens (primary N) is 1. The van der Waals surface area contributed by atoms with Crippen molar-refractivity contribution in [2.75, 3.05) is 20.3 Å². The summed E-state index contributed by atoms with van der Waals surface area (Å²) in [6.07, 6.45) is -1.42. The van der Waals surface area contributed by atoms with E-state index in [4.69, 9.17) is 38.9 Å². The minimum atomic E-state index is -1.62. The van der Waals surface area contributed by atoms with Gasteiger partial charge in [-0.1, -0.05) is 26.8 Å². The molecule has 0 aliphatic rings. The predicted molar refractivity (Wildman–Crippen MR) is 144 cm³/mol. The second-order valence-corrected chi connectivity index (χ2v) is 10.4. The number of carbonyl (C=O) groups is 4. The molecule has 0 unspecified atom stereocenters. The van der Waals surface area contributed by atoms with Crippen molar-refractivity contribution >= 4 is 24.4 Å². The highest BCUT2D eigenvalue weighted by atomic mass is 16.8. The molecule has 0 aliphatic heterocycles. The highest BCUT2D eigenvalue weighted by molar-refractivity contribution is 5.81. The van der Waals surface area contributed by atoms with Gasteiger partial charge in [0.25, 0.3) is 0 Å². The molecule has 40 heavy (non-hydrogen) atoms. The number of methoxy groups -OCH3 is 1. The van der Waals surface area contributed by atoms with Gasteiger partial charge in [-0.15, -0.1) is 0 Å². The van der Waals surface area contributed by atoms with Gasteiger partial charge < -0.3 is 38.9 Å². The molecule has 2 N–H and O–H groups in total. The Morgan fingerprint density at radius 1 is 0.775 bits per heavy atom. The Balaban J connectivity index is 3.25. The Kier molecular flexibility index (Phi) is 13.2. The molecule has 1 aromatic carbocycles. The van der Waals surface area contributed by atoms with Crippen molar-refractivity contribution in [3.05, 3.63) is 23.8 Å². The van der Waals surface area contributed by atoms with Crippen molar-refractivity contribution in [1.29, 1.82) is 0 Å². The molecule has 0 aromatic heterocycles. The van der Waals surface area contributed by atoms with E-state index in [1.807, 2.05) is 20.8 Å². The van der Waals surface area contributed by atoms with Crippen LogP contribution in [0.2, 0.25) is 0 Å². The Labute approximate surface area is 235 Å². The summed E-state index contributed by atoms with van der Waals surface area (Å²) in [4.78, 5) is 49.3. The molecule has 1 rings (SSSR count). The molecule has 0 aliphatic carbocycles. The van der Waals surface area contributed by atoms with Crippen LogP contribution in [0.25, 0.3) is 0 Å². The first-order valence-electron chi connectivity index (χ1n) is 13.2. The van der Waals surface area contributed by atoms with Crippen LogP contribution in [0.5, 0.6) is 11.5 Å². The second kappa shape index (κ2) is 15.3. The molecular formula is C28H43NO11. The summed E-state index contributed by atoms with van der Waals surface area (Å²) in [6.45, 7) is 12.4. The van der Waals surface area contributed by atoms with Crippen LogP contribution >= 0.6 is 0 Å². The highest BCUT2D eigenvalue weighted by Gasteiger charge is 2.36. The van der Waals surface area contributed by atoms with E-state index in [-0.39, 0.29) is 37.6 Å². The largest absolute Gasteiger partial charge is 0.514 e. The average Bonchev–Trinajstić information content (AvgIpc) is 2.87. The number of esters is 1. The zero-order chi connectivity index (χ0) is 30.6. The zero-order valence-corrected chi connectivity index (χ0v) is 24.7. The summed E-state index contributed by atoms with van der Waals surface area (Å²) in [5.74, 6) is -1.03. The molecule has 1 atom stereocenters. The lowest BCUT2D eigenvalue weighted by atomic mass is 9.88. The standard InChI is InChI=1S/C28H43NO11/c1-9-15-35-23(31)36-16-14-28(29,22(30)34-8)18-19-12-13-20(37-24(32)39-26(4,5)10-2)21(17-19)38-25(33)40-27(6,7)11-3/h12-13,17H,9-11,14-16,18,29H2,1-8H3/t28-/m1/s1. The van der Waals surface area contributed by atoms with E-state index in [2.05, 4.69) is 0 Å². The normalized spacial score (nSPS) is 12.9. The maximum absolute atomic E-state index is 12.6. The van der Waals surface area contributed by atoms with Gasteiger partial charge in [-0.2, -0.15) is 0 Å². The monoisotopic (exact) mass is 569 g/mol. The van der Waals surface area contributed by atoms with Gasteiger partial charge in [0.1, 0.15) is 16.7 Å². The van der Waals surface area contributed by atoms with Crippen LogP contribution in [-0.2, 0) is 34.9 Å². The first-order valence-corrected chi connectivity index (χ1v) is 13.2. The first kappa shape index (κ1) is 34.5. The lowest BCUT2D eigenvalue weighted by Gasteiger charge is -2.27. The van der Waals surface area contributed by atoms with Crippen LogP contribution in [0.1, 0.15) is 79.7 Å². The lowest BCUT2D eigenvalue weighted by Crippen LogP contribution is -2.51. The third kappa shape index (κ3) is 11.7. The van der Waals surface area contributed by atoms with E-state index < -0.39 is 41.2 Å². The Morgan fingerprint density at radius 2 is 1.30 bits per heavy atom. The van der Waals surface area contributed by atoms with Gasteiger partial charge in [-0.25, -0.2) is 14.4 Å². The van der Waals surface area contributed by atoms with Gasteiger partial charge in [0.05, 0.1) is 20.3 Å². The summed E-state index contributed by atoms with van der Waals surface area (Å²) in [7, 11) is 1.18. The Morgan fingerprint density at radius 3 is 1.80 bits per heavy atom. The molecule has 1 aromatic rings. The van der Waals surface area contributed by atoms with Crippen molar-refractivity contribution in [2.24, 2.45) is 5.73 Å². The molecule has 0 spiro atoms. The third-order valence-electron chi connectivity index (χ3n) is 6.12. The molecule has 0 saturated carbocycles. The summed E-state index contributed by atoms with van der Waals surface area (Å²) in [6, 6.07) is 4.29. The molecule has 0 heterocycles. The molecule has 0 amide bonds. The van der Waals surface area contributed by atoms with Crippen LogP contribution in [-0.4, -0.2) is 61.5 Å². The average molecular weight is 570 g/mol. The summed E-state index contributed by atoms with van der Waals surface area (Å²) in [5.41, 5.74) is 3.59. The van der Waals surface area contributed by atoms with E-state index in [9.17, 15) is 19.2 Å². The van der Waals surface area contributed by atoms with Crippen molar-refractivity contribution < 1.29 is 52.3 Å². The Hall–Kier alpha value is -3.54. The molecule has 12 nitrogen and oxygen atoms in total. The Bertz CT molecular complexity index is 1020. The SMILES string of the molecule is CCCOC(=O)OCC[C@@](N)(Cc1ccc(OC(=O)OC(C)(C)CC)c(OC(=O)OC(C)(C)CC)c1)C(=O)OC. The van der Waals surface area contributed by atoms with Gasteiger partial charge in [-0.3, -0.25) is 4.79 Å². The maximum atomic E-state index is 12.6. The van der Waals surface area contributed by atoms with E-state index in [1.54, 1.807) is 27.7 Å². The van der Waals surface area contributed by atoms with Gasteiger partial charge in [0, 0.05) is 12.8 Å². The van der Waals surface area contributed by atoms with E-state index >= 15 is 0 Å². The fourth-order valence-corrected chi connectivity index (χ4v) is 3.02. The minimum Gasteiger partial charge on any atom is -0.468 e. The first-order chi connectivity index (χ1) is 18.6. The molecule has 0 bridgehead atoms. The van der Waals surface area contributed by atoms with Crippen LogP contribution in [0, 0.1) is 0 Å². The summed E-state index contributed by atoms with van der Waals surface area (Å²) in [5, 5.41) is 0. The molecule has 226 valence electrons. The number of ether oxygens (including phenoxy) is 7. The number of rotatable bonds is 14. The van der Waals surface area contributed by atoms with Gasteiger partial charge in [0.15, 0.2) is 11.5 Å². The van der Waals surface area contributed by atoms with Gasteiger partial charge in [-0.05, 0) is 64.7 Å². The van der Waals surface area contributed by atoms with Gasteiger partial charge >= 0.3 is 24.4 Å². The van der Waals surface area contributed by atoms with Gasteiger partial charge in [0.2, 0.25) is 0 Å². The van der Waals surface area contributed by atoms with Crippen LogP contribution < -0.4 is 15.2 Å². The summed E-state index contributed by atoms with van der Waals surface area (Å²) < 4.78 is 36.2. The zero-order valence-electron chi connectivity index (χ0n) is 24.7. The lowest BCUT2D eigenvalue weighted by molar-refractivity contribution is -0.147.